The second kappa shape index (κ2) is 8.66. The molecule has 0 aromatic heterocycles. The Bertz CT molecular complexity index is 1360. The van der Waals surface area contributed by atoms with Crippen molar-refractivity contribution < 1.29 is 22.8 Å². The number of hydrogen-bond acceptors (Lipinski definition) is 6. The van der Waals surface area contributed by atoms with Gasteiger partial charge in [-0.2, -0.15) is 0 Å². The molecule has 5 rings (SSSR count). The number of anilines is 1. The van der Waals surface area contributed by atoms with E-state index in [1.807, 2.05) is 31.2 Å². The smallest absolute Gasteiger partial charge is 0.355 e. The summed E-state index contributed by atoms with van der Waals surface area (Å²) >= 11 is 0. The number of carbonyl (C=O) groups is 1. The van der Waals surface area contributed by atoms with Crippen molar-refractivity contribution >= 4 is 21.6 Å². The molecule has 3 aromatic carbocycles. The molecule has 0 radical (unpaired) electrons. The van der Waals surface area contributed by atoms with Crippen molar-refractivity contribution in [3.05, 3.63) is 82.9 Å². The number of fused-ring (bicyclic) bond motifs is 2. The first-order valence-corrected chi connectivity index (χ1v) is 12.6. The fourth-order valence-electron chi connectivity index (χ4n) is 4.38. The van der Waals surface area contributed by atoms with Crippen LogP contribution >= 0.6 is 0 Å². The van der Waals surface area contributed by atoms with Gasteiger partial charge in [0.1, 0.15) is 11.8 Å². The van der Waals surface area contributed by atoms with E-state index >= 15 is 0 Å². The number of hydrogen-bond donors (Lipinski definition) is 2. The van der Waals surface area contributed by atoms with Gasteiger partial charge in [-0.3, -0.25) is 0 Å². The van der Waals surface area contributed by atoms with E-state index < -0.39 is 15.9 Å². The van der Waals surface area contributed by atoms with Gasteiger partial charge in [0, 0.05) is 18.8 Å². The number of benzene rings is 3. The molecule has 0 saturated heterocycles. The van der Waals surface area contributed by atoms with Crippen LogP contribution in [0.3, 0.4) is 0 Å². The fourth-order valence-corrected chi connectivity index (χ4v) is 5.71. The molecule has 9 heteroatoms. The van der Waals surface area contributed by atoms with Crippen LogP contribution in [0.2, 0.25) is 0 Å². The molecule has 0 spiro atoms. The van der Waals surface area contributed by atoms with E-state index in [1.165, 1.54) is 22.8 Å². The Labute approximate surface area is 198 Å². The highest BCUT2D eigenvalue weighted by Gasteiger charge is 2.35. The Morgan fingerprint density at radius 3 is 2.65 bits per heavy atom. The van der Waals surface area contributed by atoms with Gasteiger partial charge in [0.25, 0.3) is 0 Å². The Balaban J connectivity index is 1.27. The largest absolute Gasteiger partial charge is 0.496 e. The van der Waals surface area contributed by atoms with E-state index in [2.05, 4.69) is 10.6 Å². The monoisotopic (exact) mass is 479 g/mol. The number of sulfone groups is 1. The average Bonchev–Trinajstić information content (AvgIpc) is 3.43. The number of methoxy groups -OCH3 is 1. The Hall–Kier alpha value is -3.56. The molecule has 2 amide bonds. The predicted molar refractivity (Wildman–Crippen MR) is 127 cm³/mol. The van der Waals surface area contributed by atoms with E-state index in [9.17, 15) is 13.2 Å². The molecular weight excluding hydrogens is 454 g/mol. The molecule has 176 valence electrons. The number of ether oxygens (including phenoxy) is 1. The molecule has 1 atom stereocenters. The summed E-state index contributed by atoms with van der Waals surface area (Å²) < 4.78 is 31.2. The minimum Gasteiger partial charge on any atom is -0.496 e. The van der Waals surface area contributed by atoms with Crippen molar-refractivity contribution in [2.45, 2.75) is 36.7 Å². The van der Waals surface area contributed by atoms with E-state index in [-0.39, 0.29) is 16.7 Å². The van der Waals surface area contributed by atoms with Crippen LogP contribution in [0.5, 0.6) is 11.5 Å². The minimum absolute atomic E-state index is 0.0782. The third kappa shape index (κ3) is 4.08. The maximum atomic E-state index is 12.9. The normalized spacial score (nSPS) is 16.5. The van der Waals surface area contributed by atoms with E-state index in [0.717, 1.165) is 29.8 Å². The number of rotatable bonds is 5. The molecule has 2 N–H and O–H groups in total. The number of urea groups is 1. The van der Waals surface area contributed by atoms with Gasteiger partial charge < -0.3 is 20.2 Å². The first-order valence-electron chi connectivity index (χ1n) is 10.9. The average molecular weight is 480 g/mol. The van der Waals surface area contributed by atoms with Gasteiger partial charge in [-0.25, -0.2) is 13.2 Å². The summed E-state index contributed by atoms with van der Waals surface area (Å²) in [5.41, 5.74) is 4.37. The Morgan fingerprint density at radius 1 is 1.12 bits per heavy atom. The highest BCUT2D eigenvalue weighted by atomic mass is 32.2. The van der Waals surface area contributed by atoms with Crippen LogP contribution in [0.15, 0.2) is 65.6 Å². The van der Waals surface area contributed by atoms with Crippen molar-refractivity contribution in [1.82, 2.24) is 10.4 Å². The summed E-state index contributed by atoms with van der Waals surface area (Å²) in [5, 5.41) is 7.26. The maximum Gasteiger partial charge on any atom is 0.355 e. The molecule has 0 aliphatic carbocycles. The molecule has 2 aliphatic heterocycles. The first-order chi connectivity index (χ1) is 16.4. The van der Waals surface area contributed by atoms with Crippen molar-refractivity contribution in [2.24, 2.45) is 0 Å². The second-order valence-corrected chi connectivity index (χ2v) is 10.4. The summed E-state index contributed by atoms with van der Waals surface area (Å²) in [4.78, 5) is 18.7. The molecule has 34 heavy (non-hydrogen) atoms. The quantitative estimate of drug-likeness (QED) is 0.570. The number of hydroxylamine groups is 2. The lowest BCUT2D eigenvalue weighted by Gasteiger charge is -2.20. The van der Waals surface area contributed by atoms with Gasteiger partial charge in [0.15, 0.2) is 15.6 Å². The van der Waals surface area contributed by atoms with Gasteiger partial charge in [-0.05, 0) is 60.0 Å². The Kier molecular flexibility index (Phi) is 5.66. The predicted octanol–water partition coefficient (Wildman–Crippen LogP) is 4.17. The molecule has 0 bridgehead atoms. The zero-order valence-corrected chi connectivity index (χ0v) is 19.7. The second-order valence-electron chi connectivity index (χ2n) is 8.39. The molecule has 2 heterocycles. The third-order valence-corrected chi connectivity index (χ3v) is 7.84. The SMILES string of the molecule is COc1cccc2c1C(C)N(C(=O)Nc1ccc(S(=O)(=O)Cc3ccc4c(c3)CNC4)cc1)O2. The molecule has 8 nitrogen and oxygen atoms in total. The van der Waals surface area contributed by atoms with Crippen molar-refractivity contribution in [3.8, 4) is 11.5 Å². The van der Waals surface area contributed by atoms with Crippen molar-refractivity contribution in [1.29, 1.82) is 0 Å². The van der Waals surface area contributed by atoms with E-state index in [0.29, 0.717) is 17.2 Å². The minimum atomic E-state index is -3.53. The lowest BCUT2D eigenvalue weighted by molar-refractivity contribution is -0.0119. The van der Waals surface area contributed by atoms with Crippen molar-refractivity contribution in [2.75, 3.05) is 12.4 Å². The van der Waals surface area contributed by atoms with E-state index in [4.69, 9.17) is 9.57 Å². The summed E-state index contributed by atoms with van der Waals surface area (Å²) in [6.45, 7) is 3.42. The molecule has 3 aromatic rings. The zero-order chi connectivity index (χ0) is 23.9. The summed E-state index contributed by atoms with van der Waals surface area (Å²) in [6.07, 6.45) is 0. The number of carbonyl (C=O) groups excluding carboxylic acids is 1. The van der Waals surface area contributed by atoms with Gasteiger partial charge in [-0.1, -0.05) is 24.3 Å². The molecule has 1 unspecified atom stereocenters. The number of nitrogens with zero attached hydrogens (tertiary/aromatic N) is 1. The van der Waals surface area contributed by atoms with Gasteiger partial charge >= 0.3 is 6.03 Å². The van der Waals surface area contributed by atoms with Crippen molar-refractivity contribution in [3.63, 3.8) is 0 Å². The number of nitrogens with one attached hydrogen (secondary N) is 2. The van der Waals surface area contributed by atoms with Gasteiger partial charge in [0.05, 0.1) is 23.3 Å². The third-order valence-electron chi connectivity index (χ3n) is 6.14. The Morgan fingerprint density at radius 2 is 1.88 bits per heavy atom. The van der Waals surface area contributed by atoms with Crippen LogP contribution in [-0.2, 0) is 28.7 Å². The van der Waals surface area contributed by atoms with Crippen LogP contribution in [-0.4, -0.2) is 26.6 Å². The van der Waals surface area contributed by atoms with E-state index in [1.54, 1.807) is 31.4 Å². The highest BCUT2D eigenvalue weighted by molar-refractivity contribution is 7.90. The van der Waals surface area contributed by atoms with Crippen LogP contribution < -0.4 is 20.2 Å². The first kappa shape index (κ1) is 22.2. The summed E-state index contributed by atoms with van der Waals surface area (Å²) in [7, 11) is -1.95. The van der Waals surface area contributed by atoms with Crippen LogP contribution in [0.25, 0.3) is 0 Å². The van der Waals surface area contributed by atoms with Gasteiger partial charge in [0.2, 0.25) is 0 Å². The zero-order valence-electron chi connectivity index (χ0n) is 18.9. The summed E-state index contributed by atoms with van der Waals surface area (Å²) in [5.74, 6) is 1.13. The summed E-state index contributed by atoms with van der Waals surface area (Å²) in [6, 6.07) is 16.5. The molecule has 0 saturated carbocycles. The van der Waals surface area contributed by atoms with Crippen LogP contribution in [0, 0.1) is 0 Å². The number of amides is 2. The van der Waals surface area contributed by atoms with Crippen LogP contribution in [0.4, 0.5) is 10.5 Å². The van der Waals surface area contributed by atoms with Gasteiger partial charge in [-0.15, -0.1) is 5.06 Å². The standard InChI is InChI=1S/C25H25N3O5S/c1-16-24-22(32-2)4-3-5-23(24)33-28(16)25(29)27-20-8-10-21(11-9-20)34(30,31)15-17-6-7-18-13-26-14-19(18)12-17/h3-12,16,26H,13-15H2,1-2H3,(H,27,29). The lowest BCUT2D eigenvalue weighted by Crippen LogP contribution is -2.35. The fraction of sp³-hybridized carbons (Fsp3) is 0.240. The topological polar surface area (TPSA) is 97.0 Å². The molecule has 0 fully saturated rings. The maximum absolute atomic E-state index is 12.9. The highest BCUT2D eigenvalue weighted by Crippen LogP contribution is 2.43. The lowest BCUT2D eigenvalue weighted by atomic mass is 10.1. The molecule has 2 aliphatic rings. The molecular formula is C25H25N3O5S. The van der Waals surface area contributed by atoms with Crippen LogP contribution in [0.1, 0.15) is 35.2 Å².